The molecule has 2 aromatic rings. The van der Waals surface area contributed by atoms with Crippen LogP contribution >= 0.6 is 0 Å². The van der Waals surface area contributed by atoms with Crippen molar-refractivity contribution in [3.63, 3.8) is 0 Å². The molecule has 0 fully saturated rings. The van der Waals surface area contributed by atoms with E-state index in [0.29, 0.717) is 12.5 Å². The van der Waals surface area contributed by atoms with Crippen molar-refractivity contribution in [2.45, 2.75) is 33.1 Å². The van der Waals surface area contributed by atoms with E-state index >= 15 is 0 Å². The predicted molar refractivity (Wildman–Crippen MR) is 97.4 cm³/mol. The van der Waals surface area contributed by atoms with Crippen LogP contribution in [0, 0.1) is 10.1 Å². The first kappa shape index (κ1) is 18.4. The second-order valence-electron chi connectivity index (χ2n) is 5.72. The number of carbonyl (C=O) groups is 1. The Hall–Kier alpha value is -2.89. The number of rotatable bonds is 7. The number of amides is 1. The molecule has 2 rings (SSSR count). The normalized spacial score (nSPS) is 11.6. The second-order valence-corrected chi connectivity index (χ2v) is 5.72. The van der Waals surface area contributed by atoms with Crippen LogP contribution in [0.4, 0.5) is 11.4 Å². The van der Waals surface area contributed by atoms with Crippen LogP contribution < -0.4 is 10.1 Å². The number of nitrogens with one attached hydrogen (secondary N) is 1. The van der Waals surface area contributed by atoms with Crippen molar-refractivity contribution in [1.29, 1.82) is 0 Å². The lowest BCUT2D eigenvalue weighted by atomic mass is 9.97. The third-order valence-electron chi connectivity index (χ3n) is 4.07. The van der Waals surface area contributed by atoms with Crippen molar-refractivity contribution >= 4 is 17.3 Å². The lowest BCUT2D eigenvalue weighted by Crippen LogP contribution is -2.14. The van der Waals surface area contributed by atoms with Crippen LogP contribution in [0.15, 0.2) is 42.5 Å². The minimum atomic E-state index is -0.547. The van der Waals surface area contributed by atoms with Gasteiger partial charge in [-0.2, -0.15) is 0 Å². The van der Waals surface area contributed by atoms with Gasteiger partial charge in [-0.3, -0.25) is 14.9 Å². The summed E-state index contributed by atoms with van der Waals surface area (Å²) < 4.78 is 5.24. The summed E-state index contributed by atoms with van der Waals surface area (Å²) in [5.41, 5.74) is 1.76. The number of carbonyl (C=O) groups excluding carboxylic acids is 1. The monoisotopic (exact) mass is 342 g/mol. The average Bonchev–Trinajstić information content (AvgIpc) is 2.61. The Morgan fingerprint density at radius 3 is 2.60 bits per heavy atom. The maximum Gasteiger partial charge on any atom is 0.311 e. The average molecular weight is 342 g/mol. The van der Waals surface area contributed by atoms with Gasteiger partial charge in [-0.25, -0.2) is 0 Å². The molecule has 0 aromatic heterocycles. The van der Waals surface area contributed by atoms with Crippen LogP contribution in [-0.4, -0.2) is 17.4 Å². The third-order valence-corrected chi connectivity index (χ3v) is 4.07. The highest BCUT2D eigenvalue weighted by atomic mass is 16.6. The molecule has 0 saturated heterocycles. The van der Waals surface area contributed by atoms with Gasteiger partial charge >= 0.3 is 5.69 Å². The largest absolute Gasteiger partial charge is 0.487 e. The zero-order chi connectivity index (χ0) is 18.4. The number of nitro benzene ring substituents is 1. The highest BCUT2D eigenvalue weighted by molar-refractivity contribution is 6.05. The first-order valence-corrected chi connectivity index (χ1v) is 8.29. The smallest absolute Gasteiger partial charge is 0.311 e. The second kappa shape index (κ2) is 8.28. The fraction of sp³-hybridized carbons (Fsp3) is 0.316. The summed E-state index contributed by atoms with van der Waals surface area (Å²) in [4.78, 5) is 23.2. The molecule has 1 atom stereocenters. The molecule has 0 spiro atoms. The fourth-order valence-corrected chi connectivity index (χ4v) is 2.53. The Kier molecular flexibility index (Phi) is 6.11. The van der Waals surface area contributed by atoms with Gasteiger partial charge in [-0.15, -0.1) is 0 Å². The number of hydrogen-bond donors (Lipinski definition) is 1. The highest BCUT2D eigenvalue weighted by Crippen LogP contribution is 2.30. The van der Waals surface area contributed by atoms with E-state index < -0.39 is 4.92 Å². The standard InChI is InChI=1S/C19H22N2O4/c1-4-13(3)15-8-6-7-9-16(15)20-19(22)14-10-11-18(25-5-2)17(12-14)21(23)24/h6-13H,4-5H2,1-3H3,(H,20,22)/t13-/m1/s1. The molecule has 6 heteroatoms. The molecule has 0 saturated carbocycles. The summed E-state index contributed by atoms with van der Waals surface area (Å²) in [5.74, 6) is 0.0668. The van der Waals surface area contributed by atoms with Crippen LogP contribution in [0.2, 0.25) is 0 Å². The quantitative estimate of drug-likeness (QED) is 0.581. The van der Waals surface area contributed by atoms with Crippen molar-refractivity contribution in [2.24, 2.45) is 0 Å². The lowest BCUT2D eigenvalue weighted by Gasteiger charge is -2.15. The van der Waals surface area contributed by atoms with Crippen LogP contribution in [0.1, 0.15) is 49.0 Å². The van der Waals surface area contributed by atoms with E-state index in [1.54, 1.807) is 6.92 Å². The van der Waals surface area contributed by atoms with Gasteiger partial charge in [-0.05, 0) is 43.0 Å². The maximum absolute atomic E-state index is 12.5. The van der Waals surface area contributed by atoms with Gasteiger partial charge in [0.1, 0.15) is 0 Å². The summed E-state index contributed by atoms with van der Waals surface area (Å²) >= 11 is 0. The summed E-state index contributed by atoms with van der Waals surface area (Å²) in [7, 11) is 0. The van der Waals surface area contributed by atoms with Gasteiger partial charge in [0, 0.05) is 17.3 Å². The Labute approximate surface area is 147 Å². The third kappa shape index (κ3) is 4.35. The molecule has 0 aliphatic heterocycles. The molecule has 0 radical (unpaired) electrons. The van der Waals surface area contributed by atoms with Gasteiger partial charge in [0.05, 0.1) is 11.5 Å². The topological polar surface area (TPSA) is 81.5 Å². The van der Waals surface area contributed by atoms with E-state index in [9.17, 15) is 14.9 Å². The van der Waals surface area contributed by atoms with Crippen LogP contribution in [0.5, 0.6) is 5.75 Å². The number of benzene rings is 2. The lowest BCUT2D eigenvalue weighted by molar-refractivity contribution is -0.385. The van der Waals surface area contributed by atoms with Crippen molar-refractivity contribution < 1.29 is 14.5 Å². The molecule has 0 aliphatic rings. The van der Waals surface area contributed by atoms with Crippen molar-refractivity contribution in [1.82, 2.24) is 0 Å². The molecule has 132 valence electrons. The molecule has 2 aromatic carbocycles. The van der Waals surface area contributed by atoms with Gasteiger partial charge < -0.3 is 10.1 Å². The zero-order valence-electron chi connectivity index (χ0n) is 14.6. The summed E-state index contributed by atoms with van der Waals surface area (Å²) in [6, 6.07) is 11.8. The minimum absolute atomic E-state index is 0.157. The Balaban J connectivity index is 2.30. The van der Waals surface area contributed by atoms with Gasteiger partial charge in [-0.1, -0.05) is 32.0 Å². The molecule has 6 nitrogen and oxygen atoms in total. The molecule has 0 unspecified atom stereocenters. The van der Waals surface area contributed by atoms with Gasteiger partial charge in [0.25, 0.3) is 5.91 Å². The fourth-order valence-electron chi connectivity index (χ4n) is 2.53. The van der Waals surface area contributed by atoms with Crippen molar-refractivity contribution in [3.05, 3.63) is 63.7 Å². The first-order chi connectivity index (χ1) is 12.0. The van der Waals surface area contributed by atoms with Crippen LogP contribution in [0.3, 0.4) is 0 Å². The summed E-state index contributed by atoms with van der Waals surface area (Å²) in [6.07, 6.45) is 0.946. The molecule has 1 N–H and O–H groups in total. The van der Waals surface area contributed by atoms with Gasteiger partial charge in [0.2, 0.25) is 0 Å². The summed E-state index contributed by atoms with van der Waals surface area (Å²) in [6.45, 7) is 6.23. The van der Waals surface area contributed by atoms with E-state index in [1.807, 2.05) is 24.3 Å². The number of anilines is 1. The van der Waals surface area contributed by atoms with E-state index in [4.69, 9.17) is 4.74 Å². The molecule has 0 heterocycles. The Morgan fingerprint density at radius 2 is 1.96 bits per heavy atom. The number of hydrogen-bond acceptors (Lipinski definition) is 4. The van der Waals surface area contributed by atoms with E-state index in [2.05, 4.69) is 19.2 Å². The number of para-hydroxylation sites is 1. The highest BCUT2D eigenvalue weighted by Gasteiger charge is 2.19. The molecule has 1 amide bonds. The molecule has 0 bridgehead atoms. The van der Waals surface area contributed by atoms with Crippen molar-refractivity contribution in [3.8, 4) is 5.75 Å². The van der Waals surface area contributed by atoms with Crippen LogP contribution in [-0.2, 0) is 0 Å². The number of ether oxygens (including phenoxy) is 1. The Bertz CT molecular complexity index is 774. The number of nitro groups is 1. The predicted octanol–water partition coefficient (Wildman–Crippen LogP) is 4.76. The van der Waals surface area contributed by atoms with Crippen LogP contribution in [0.25, 0.3) is 0 Å². The molecule has 25 heavy (non-hydrogen) atoms. The molecular weight excluding hydrogens is 320 g/mol. The van der Waals surface area contributed by atoms with Gasteiger partial charge in [0.15, 0.2) is 5.75 Å². The van der Waals surface area contributed by atoms with E-state index in [0.717, 1.165) is 17.7 Å². The van der Waals surface area contributed by atoms with Crippen molar-refractivity contribution in [2.75, 3.05) is 11.9 Å². The van der Waals surface area contributed by atoms with E-state index in [-0.39, 0.29) is 22.9 Å². The maximum atomic E-state index is 12.5. The Morgan fingerprint density at radius 1 is 1.24 bits per heavy atom. The minimum Gasteiger partial charge on any atom is -0.487 e. The molecule has 0 aliphatic carbocycles. The SMILES string of the molecule is CCOc1ccc(C(=O)Nc2ccccc2[C@H](C)CC)cc1[N+](=O)[O-]. The molecular formula is C19H22N2O4. The van der Waals surface area contributed by atoms with E-state index in [1.165, 1.54) is 18.2 Å². The zero-order valence-corrected chi connectivity index (χ0v) is 14.6. The first-order valence-electron chi connectivity index (χ1n) is 8.29. The number of nitrogens with zero attached hydrogens (tertiary/aromatic N) is 1. The summed E-state index contributed by atoms with van der Waals surface area (Å²) in [5, 5.41) is 14.1.